The number of amides is 1. The van der Waals surface area contributed by atoms with E-state index in [9.17, 15) is 9.18 Å². The summed E-state index contributed by atoms with van der Waals surface area (Å²) in [5.74, 6) is 0.440. The molecule has 0 bridgehead atoms. The van der Waals surface area contributed by atoms with Crippen LogP contribution in [0.2, 0.25) is 5.02 Å². The maximum Gasteiger partial charge on any atom is 0.257 e. The Bertz CT molecular complexity index is 537. The van der Waals surface area contributed by atoms with E-state index in [2.05, 4.69) is 0 Å². The summed E-state index contributed by atoms with van der Waals surface area (Å²) in [7, 11) is 0. The molecule has 2 aliphatic heterocycles. The zero-order valence-electron chi connectivity index (χ0n) is 10.9. The van der Waals surface area contributed by atoms with Crippen molar-refractivity contribution in [3.63, 3.8) is 0 Å². The Hall–Kier alpha value is -1.33. The predicted molar refractivity (Wildman–Crippen MR) is 72.3 cm³/mol. The molecule has 4 nitrogen and oxygen atoms in total. The highest BCUT2D eigenvalue weighted by atomic mass is 35.5. The lowest BCUT2D eigenvalue weighted by Crippen LogP contribution is -2.46. The molecule has 0 aliphatic carbocycles. The third-order valence-corrected chi connectivity index (χ3v) is 3.80. The van der Waals surface area contributed by atoms with Crippen molar-refractivity contribution in [1.29, 1.82) is 0 Å². The van der Waals surface area contributed by atoms with E-state index in [0.29, 0.717) is 36.1 Å². The van der Waals surface area contributed by atoms with Crippen molar-refractivity contribution in [3.05, 3.63) is 28.3 Å². The van der Waals surface area contributed by atoms with Crippen LogP contribution < -0.4 is 4.74 Å². The first-order chi connectivity index (χ1) is 9.69. The summed E-state index contributed by atoms with van der Waals surface area (Å²) < 4.78 is 23.5. The van der Waals surface area contributed by atoms with Gasteiger partial charge in [0.1, 0.15) is 18.5 Å². The molecule has 2 aliphatic rings. The molecule has 1 saturated heterocycles. The molecular formula is C14H15ClFNO3. The average Bonchev–Trinajstić information content (AvgIpc) is 2.93. The van der Waals surface area contributed by atoms with Gasteiger partial charge in [0.05, 0.1) is 18.8 Å². The molecule has 1 amide bonds. The number of carbonyl (C=O) groups excluding carboxylic acids is 1. The quantitative estimate of drug-likeness (QED) is 0.839. The van der Waals surface area contributed by atoms with Crippen LogP contribution in [0.25, 0.3) is 0 Å². The van der Waals surface area contributed by atoms with Crippen LogP contribution in [0.4, 0.5) is 4.39 Å². The molecule has 0 aromatic heterocycles. The number of benzene rings is 1. The van der Waals surface area contributed by atoms with E-state index in [4.69, 9.17) is 21.1 Å². The molecule has 2 heterocycles. The maximum absolute atomic E-state index is 12.7. The molecule has 20 heavy (non-hydrogen) atoms. The topological polar surface area (TPSA) is 38.8 Å². The fourth-order valence-corrected chi connectivity index (χ4v) is 2.84. The van der Waals surface area contributed by atoms with Crippen LogP contribution in [-0.2, 0) is 11.2 Å². The largest absolute Gasteiger partial charge is 0.492 e. The van der Waals surface area contributed by atoms with Crippen molar-refractivity contribution < 1.29 is 18.7 Å². The first-order valence-electron chi connectivity index (χ1n) is 6.61. The van der Waals surface area contributed by atoms with Crippen molar-refractivity contribution >= 4 is 17.5 Å². The van der Waals surface area contributed by atoms with Gasteiger partial charge in [-0.25, -0.2) is 4.39 Å². The minimum absolute atomic E-state index is 0.174. The van der Waals surface area contributed by atoms with Crippen molar-refractivity contribution in [2.45, 2.75) is 12.5 Å². The summed E-state index contributed by atoms with van der Waals surface area (Å²) in [5, 5.41) is 0.521. The first-order valence-corrected chi connectivity index (χ1v) is 6.99. The van der Waals surface area contributed by atoms with E-state index in [1.54, 1.807) is 11.0 Å². The number of nitrogens with zero attached hydrogens (tertiary/aromatic N) is 1. The number of carbonyl (C=O) groups is 1. The van der Waals surface area contributed by atoms with Crippen molar-refractivity contribution in [2.24, 2.45) is 0 Å². The lowest BCUT2D eigenvalue weighted by molar-refractivity contribution is -0.0311. The highest BCUT2D eigenvalue weighted by Crippen LogP contribution is 2.33. The minimum Gasteiger partial charge on any atom is -0.492 e. The van der Waals surface area contributed by atoms with Gasteiger partial charge in [0.25, 0.3) is 5.91 Å². The number of ether oxygens (including phenoxy) is 2. The predicted octanol–water partition coefficient (Wildman–Crippen LogP) is 2.09. The number of fused-ring (bicyclic) bond motifs is 1. The number of alkyl halides is 1. The molecule has 6 heteroatoms. The molecule has 1 unspecified atom stereocenters. The van der Waals surface area contributed by atoms with Crippen molar-refractivity contribution in [3.8, 4) is 5.75 Å². The molecule has 1 aromatic carbocycles. The van der Waals surface area contributed by atoms with Crippen molar-refractivity contribution in [2.75, 3.05) is 33.0 Å². The fraction of sp³-hybridized carbons (Fsp3) is 0.500. The molecule has 0 spiro atoms. The fourth-order valence-electron chi connectivity index (χ4n) is 2.60. The number of halogens is 2. The molecule has 0 radical (unpaired) electrons. The van der Waals surface area contributed by atoms with Gasteiger partial charge in [-0.1, -0.05) is 11.6 Å². The number of hydrogen-bond donors (Lipinski definition) is 0. The Morgan fingerprint density at radius 1 is 1.45 bits per heavy atom. The molecule has 0 saturated carbocycles. The number of morpholine rings is 1. The molecule has 1 aromatic rings. The molecular weight excluding hydrogens is 285 g/mol. The van der Waals surface area contributed by atoms with Gasteiger partial charge in [0.2, 0.25) is 0 Å². The van der Waals surface area contributed by atoms with Crippen LogP contribution in [0.15, 0.2) is 12.1 Å². The molecule has 1 atom stereocenters. The van der Waals surface area contributed by atoms with Crippen LogP contribution in [0.1, 0.15) is 15.9 Å². The smallest absolute Gasteiger partial charge is 0.257 e. The van der Waals surface area contributed by atoms with E-state index in [1.807, 2.05) is 6.07 Å². The normalized spacial score (nSPS) is 21.5. The zero-order valence-corrected chi connectivity index (χ0v) is 11.7. The summed E-state index contributed by atoms with van der Waals surface area (Å²) in [4.78, 5) is 14.2. The molecule has 3 rings (SSSR count). The van der Waals surface area contributed by atoms with Crippen LogP contribution in [0.3, 0.4) is 0 Å². The summed E-state index contributed by atoms with van der Waals surface area (Å²) in [5.41, 5.74) is 1.42. The Morgan fingerprint density at radius 2 is 2.30 bits per heavy atom. The molecule has 108 valence electrons. The summed E-state index contributed by atoms with van der Waals surface area (Å²) in [6.45, 7) is 1.04. The highest BCUT2D eigenvalue weighted by molar-refractivity contribution is 6.31. The molecule has 0 N–H and O–H groups in total. The van der Waals surface area contributed by atoms with Gasteiger partial charge in [-0.05, 0) is 17.7 Å². The summed E-state index contributed by atoms with van der Waals surface area (Å²) in [6, 6.07) is 3.44. The standard InChI is InChI=1S/C14H15ClFNO3/c15-10-5-9-1-3-20-13(9)12(6-10)14(18)17-2-4-19-11(7-16)8-17/h5-6,11H,1-4,7-8H2. The van der Waals surface area contributed by atoms with Crippen LogP contribution >= 0.6 is 11.6 Å². The third-order valence-electron chi connectivity index (χ3n) is 3.58. The first kappa shape index (κ1) is 13.6. The summed E-state index contributed by atoms with van der Waals surface area (Å²) >= 11 is 6.06. The van der Waals surface area contributed by atoms with E-state index in [-0.39, 0.29) is 12.5 Å². The van der Waals surface area contributed by atoms with Crippen molar-refractivity contribution in [1.82, 2.24) is 4.90 Å². The van der Waals surface area contributed by atoms with Gasteiger partial charge >= 0.3 is 0 Å². The van der Waals surface area contributed by atoms with E-state index < -0.39 is 12.8 Å². The van der Waals surface area contributed by atoms with Gasteiger partial charge in [-0.15, -0.1) is 0 Å². The second-order valence-electron chi connectivity index (χ2n) is 4.94. The second-order valence-corrected chi connectivity index (χ2v) is 5.37. The Morgan fingerprint density at radius 3 is 3.10 bits per heavy atom. The third kappa shape index (κ3) is 2.47. The van der Waals surface area contributed by atoms with Crippen LogP contribution in [0, 0.1) is 0 Å². The number of rotatable bonds is 2. The molecule has 1 fully saturated rings. The average molecular weight is 300 g/mol. The zero-order chi connectivity index (χ0) is 14.1. The summed E-state index contributed by atoms with van der Waals surface area (Å²) in [6.07, 6.45) is 0.215. The van der Waals surface area contributed by atoms with E-state index in [1.165, 1.54) is 0 Å². The lowest BCUT2D eigenvalue weighted by Gasteiger charge is -2.32. The van der Waals surface area contributed by atoms with Crippen LogP contribution in [0.5, 0.6) is 5.75 Å². The van der Waals surface area contributed by atoms with Gasteiger partial charge in [0.15, 0.2) is 0 Å². The lowest BCUT2D eigenvalue weighted by atomic mass is 10.1. The van der Waals surface area contributed by atoms with Gasteiger partial charge < -0.3 is 14.4 Å². The Labute approximate surface area is 121 Å². The van der Waals surface area contributed by atoms with E-state index >= 15 is 0 Å². The second kappa shape index (κ2) is 5.58. The minimum atomic E-state index is -0.589. The SMILES string of the molecule is O=C(c1cc(Cl)cc2c1OCC2)N1CCOC(CF)C1. The van der Waals surface area contributed by atoms with Crippen LogP contribution in [-0.4, -0.2) is 49.9 Å². The highest BCUT2D eigenvalue weighted by Gasteiger charge is 2.29. The Balaban J connectivity index is 1.87. The van der Waals surface area contributed by atoms with Gasteiger partial charge in [-0.2, -0.15) is 0 Å². The number of hydrogen-bond acceptors (Lipinski definition) is 3. The van der Waals surface area contributed by atoms with Gasteiger partial charge in [-0.3, -0.25) is 4.79 Å². The maximum atomic E-state index is 12.7. The monoisotopic (exact) mass is 299 g/mol. The Kier molecular flexibility index (Phi) is 3.81. The van der Waals surface area contributed by atoms with Gasteiger partial charge in [0, 0.05) is 24.5 Å². The van der Waals surface area contributed by atoms with E-state index in [0.717, 1.165) is 12.0 Å².